The molecule has 0 aliphatic heterocycles. The van der Waals surface area contributed by atoms with Crippen molar-refractivity contribution in [3.8, 4) is 16.9 Å². The Morgan fingerprint density at radius 1 is 1.06 bits per heavy atom. The number of aliphatic hydroxyl groups is 1. The molecule has 0 bridgehead atoms. The van der Waals surface area contributed by atoms with Crippen LogP contribution in [-0.2, 0) is 0 Å². The van der Waals surface area contributed by atoms with Gasteiger partial charge in [-0.25, -0.2) is 0 Å². The third-order valence-corrected chi connectivity index (χ3v) is 2.23. The van der Waals surface area contributed by atoms with Gasteiger partial charge in [-0.3, -0.25) is 4.98 Å². The molecule has 1 N–H and O–H groups in total. The van der Waals surface area contributed by atoms with Crippen LogP contribution in [0.5, 0.6) is 5.75 Å². The number of rotatable bonds is 4. The highest BCUT2D eigenvalue weighted by Crippen LogP contribution is 2.28. The average molecular weight is 215 g/mol. The topological polar surface area (TPSA) is 42.4 Å². The largest absolute Gasteiger partial charge is 0.491 e. The lowest BCUT2D eigenvalue weighted by atomic mass is 10.1. The molecular formula is C13H13NO2. The number of hydrogen-bond acceptors (Lipinski definition) is 3. The van der Waals surface area contributed by atoms with E-state index in [2.05, 4.69) is 4.98 Å². The van der Waals surface area contributed by atoms with Gasteiger partial charge in [0.25, 0.3) is 0 Å². The Labute approximate surface area is 94.3 Å². The van der Waals surface area contributed by atoms with E-state index in [1.165, 1.54) is 0 Å². The Morgan fingerprint density at radius 3 is 2.56 bits per heavy atom. The van der Waals surface area contributed by atoms with E-state index >= 15 is 0 Å². The zero-order valence-corrected chi connectivity index (χ0v) is 8.84. The summed E-state index contributed by atoms with van der Waals surface area (Å²) in [5.74, 6) is 0.780. The van der Waals surface area contributed by atoms with E-state index in [-0.39, 0.29) is 6.61 Å². The highest BCUT2D eigenvalue weighted by Gasteiger charge is 2.04. The van der Waals surface area contributed by atoms with E-state index in [0.717, 1.165) is 16.9 Å². The van der Waals surface area contributed by atoms with Crippen molar-refractivity contribution in [2.45, 2.75) is 0 Å². The molecule has 1 aromatic carbocycles. The van der Waals surface area contributed by atoms with Crippen LogP contribution >= 0.6 is 0 Å². The molecule has 0 unspecified atom stereocenters. The molecule has 0 radical (unpaired) electrons. The van der Waals surface area contributed by atoms with Gasteiger partial charge < -0.3 is 9.84 Å². The molecule has 0 saturated heterocycles. The maximum atomic E-state index is 8.75. The second-order valence-corrected chi connectivity index (χ2v) is 3.30. The van der Waals surface area contributed by atoms with E-state index in [4.69, 9.17) is 9.84 Å². The van der Waals surface area contributed by atoms with E-state index in [9.17, 15) is 0 Å². The lowest BCUT2D eigenvalue weighted by Crippen LogP contribution is -2.02. The minimum Gasteiger partial charge on any atom is -0.491 e. The Bertz CT molecular complexity index is 443. The molecule has 0 aliphatic rings. The number of nitrogens with zero attached hydrogens (tertiary/aromatic N) is 1. The van der Waals surface area contributed by atoms with Gasteiger partial charge in [-0.15, -0.1) is 0 Å². The van der Waals surface area contributed by atoms with Crippen LogP contribution in [0, 0.1) is 0 Å². The number of pyridine rings is 1. The molecule has 2 rings (SSSR count). The van der Waals surface area contributed by atoms with Crippen LogP contribution in [0.1, 0.15) is 0 Å². The van der Waals surface area contributed by atoms with Crippen molar-refractivity contribution in [1.29, 1.82) is 0 Å². The van der Waals surface area contributed by atoms with Crippen LogP contribution in [0.4, 0.5) is 0 Å². The van der Waals surface area contributed by atoms with Gasteiger partial charge in [0.1, 0.15) is 12.4 Å². The average Bonchev–Trinajstić information content (AvgIpc) is 2.38. The minimum atomic E-state index is 0.0185. The summed E-state index contributed by atoms with van der Waals surface area (Å²) in [5, 5.41) is 8.75. The number of para-hydroxylation sites is 1. The summed E-state index contributed by atoms with van der Waals surface area (Å²) in [6.07, 6.45) is 3.50. The van der Waals surface area contributed by atoms with Gasteiger partial charge in [0.15, 0.2) is 0 Å². The van der Waals surface area contributed by atoms with Crippen molar-refractivity contribution < 1.29 is 9.84 Å². The van der Waals surface area contributed by atoms with Crippen molar-refractivity contribution in [2.24, 2.45) is 0 Å². The summed E-state index contributed by atoms with van der Waals surface area (Å²) in [6.45, 7) is 0.326. The van der Waals surface area contributed by atoms with Crippen LogP contribution in [-0.4, -0.2) is 23.3 Å². The first kappa shape index (κ1) is 10.6. The summed E-state index contributed by atoms with van der Waals surface area (Å²) < 4.78 is 5.47. The molecule has 0 amide bonds. The fourth-order valence-electron chi connectivity index (χ4n) is 1.52. The third-order valence-electron chi connectivity index (χ3n) is 2.23. The van der Waals surface area contributed by atoms with Crippen LogP contribution in [0.15, 0.2) is 48.8 Å². The quantitative estimate of drug-likeness (QED) is 0.849. The predicted octanol–water partition coefficient (Wildman–Crippen LogP) is 2.12. The van der Waals surface area contributed by atoms with Gasteiger partial charge in [0, 0.05) is 18.0 Å². The maximum absolute atomic E-state index is 8.75. The zero-order valence-electron chi connectivity index (χ0n) is 8.84. The van der Waals surface area contributed by atoms with Crippen LogP contribution in [0.25, 0.3) is 11.1 Å². The Morgan fingerprint density at radius 2 is 1.81 bits per heavy atom. The van der Waals surface area contributed by atoms with Crippen molar-refractivity contribution in [3.05, 3.63) is 48.8 Å². The summed E-state index contributed by atoms with van der Waals surface area (Å²) in [6, 6.07) is 11.6. The monoisotopic (exact) mass is 215 g/mol. The van der Waals surface area contributed by atoms with Crippen LogP contribution < -0.4 is 4.74 Å². The standard InChI is InChI=1S/C13H13NO2/c15-9-10-16-13-4-2-1-3-12(13)11-5-7-14-8-6-11/h1-8,15H,9-10H2. The third kappa shape index (κ3) is 2.38. The molecule has 3 nitrogen and oxygen atoms in total. The SMILES string of the molecule is OCCOc1ccccc1-c1ccncc1. The number of aromatic nitrogens is 1. The molecule has 82 valence electrons. The first-order chi connectivity index (χ1) is 7.92. The molecule has 16 heavy (non-hydrogen) atoms. The second-order valence-electron chi connectivity index (χ2n) is 3.30. The van der Waals surface area contributed by atoms with Gasteiger partial charge in [0.2, 0.25) is 0 Å². The second kappa shape index (κ2) is 5.28. The predicted molar refractivity (Wildman–Crippen MR) is 62.3 cm³/mol. The normalized spacial score (nSPS) is 10.1. The van der Waals surface area contributed by atoms with E-state index in [0.29, 0.717) is 6.61 Å². The van der Waals surface area contributed by atoms with Gasteiger partial charge in [-0.1, -0.05) is 18.2 Å². The fraction of sp³-hybridized carbons (Fsp3) is 0.154. The summed E-state index contributed by atoms with van der Waals surface area (Å²) in [5.41, 5.74) is 2.07. The number of aliphatic hydroxyl groups excluding tert-OH is 1. The number of ether oxygens (including phenoxy) is 1. The summed E-state index contributed by atoms with van der Waals surface area (Å²) >= 11 is 0. The van der Waals surface area contributed by atoms with E-state index in [1.54, 1.807) is 12.4 Å². The smallest absolute Gasteiger partial charge is 0.127 e. The highest BCUT2D eigenvalue weighted by molar-refractivity contribution is 5.69. The zero-order chi connectivity index (χ0) is 11.2. The number of benzene rings is 1. The number of hydrogen-bond donors (Lipinski definition) is 1. The van der Waals surface area contributed by atoms with Crippen LogP contribution in [0.3, 0.4) is 0 Å². The molecular weight excluding hydrogens is 202 g/mol. The minimum absolute atomic E-state index is 0.0185. The molecule has 0 spiro atoms. The Balaban J connectivity index is 2.33. The lowest BCUT2D eigenvalue weighted by Gasteiger charge is -2.10. The highest BCUT2D eigenvalue weighted by atomic mass is 16.5. The molecule has 1 heterocycles. The Kier molecular flexibility index (Phi) is 3.51. The fourth-order valence-corrected chi connectivity index (χ4v) is 1.52. The maximum Gasteiger partial charge on any atom is 0.127 e. The summed E-state index contributed by atoms with van der Waals surface area (Å²) in [4.78, 5) is 3.98. The van der Waals surface area contributed by atoms with Crippen molar-refractivity contribution in [3.63, 3.8) is 0 Å². The molecule has 0 atom stereocenters. The van der Waals surface area contributed by atoms with Gasteiger partial charge in [0.05, 0.1) is 6.61 Å². The molecule has 2 aromatic rings. The molecule has 0 aliphatic carbocycles. The van der Waals surface area contributed by atoms with E-state index in [1.807, 2.05) is 36.4 Å². The van der Waals surface area contributed by atoms with E-state index < -0.39 is 0 Å². The first-order valence-corrected chi connectivity index (χ1v) is 5.15. The van der Waals surface area contributed by atoms with Gasteiger partial charge in [-0.05, 0) is 23.8 Å². The summed E-state index contributed by atoms with van der Waals surface area (Å²) in [7, 11) is 0. The first-order valence-electron chi connectivity index (χ1n) is 5.15. The lowest BCUT2D eigenvalue weighted by molar-refractivity contribution is 0.202. The molecule has 1 aromatic heterocycles. The Hall–Kier alpha value is -1.87. The van der Waals surface area contributed by atoms with Gasteiger partial charge in [-0.2, -0.15) is 0 Å². The van der Waals surface area contributed by atoms with Crippen LogP contribution in [0.2, 0.25) is 0 Å². The van der Waals surface area contributed by atoms with Gasteiger partial charge >= 0.3 is 0 Å². The van der Waals surface area contributed by atoms with Crippen molar-refractivity contribution in [2.75, 3.05) is 13.2 Å². The molecule has 0 fully saturated rings. The van der Waals surface area contributed by atoms with Crippen molar-refractivity contribution in [1.82, 2.24) is 4.98 Å². The van der Waals surface area contributed by atoms with Crippen molar-refractivity contribution >= 4 is 0 Å². The molecule has 3 heteroatoms. The molecule has 0 saturated carbocycles.